The van der Waals surface area contributed by atoms with Gasteiger partial charge in [-0.3, -0.25) is 9.59 Å². The minimum atomic E-state index is -0.344. The number of nitrogens with zero attached hydrogens (tertiary/aromatic N) is 1. The largest absolute Gasteiger partial charge is 0.497 e. The fourth-order valence-electron chi connectivity index (χ4n) is 2.50. The molecule has 0 fully saturated rings. The lowest BCUT2D eigenvalue weighted by Crippen LogP contribution is -2.33. The number of methoxy groups -OCH3 is 2. The van der Waals surface area contributed by atoms with E-state index in [0.29, 0.717) is 13.1 Å². The number of ether oxygens (including phenoxy) is 3. The summed E-state index contributed by atoms with van der Waals surface area (Å²) >= 11 is 0. The Hall–Kier alpha value is -3.02. The Morgan fingerprint density at radius 3 is 2.22 bits per heavy atom. The quantitative estimate of drug-likeness (QED) is 0.601. The van der Waals surface area contributed by atoms with Crippen molar-refractivity contribution in [3.63, 3.8) is 0 Å². The molecule has 0 N–H and O–H groups in total. The number of carbonyl (C=O) groups is 2. The van der Waals surface area contributed by atoms with Crippen molar-refractivity contribution in [2.45, 2.75) is 19.4 Å². The summed E-state index contributed by atoms with van der Waals surface area (Å²) in [5.74, 6) is 1.05. The number of para-hydroxylation sites is 1. The van der Waals surface area contributed by atoms with E-state index in [4.69, 9.17) is 9.47 Å². The minimum absolute atomic E-state index is 0.0781. The minimum Gasteiger partial charge on any atom is -0.497 e. The summed E-state index contributed by atoms with van der Waals surface area (Å²) < 4.78 is 15.4. The molecule has 0 aliphatic rings. The molecule has 27 heavy (non-hydrogen) atoms. The average Bonchev–Trinajstić information content (AvgIpc) is 2.71. The molecule has 0 atom stereocenters. The van der Waals surface area contributed by atoms with E-state index in [1.807, 2.05) is 54.6 Å². The summed E-state index contributed by atoms with van der Waals surface area (Å²) in [5, 5.41) is 0. The van der Waals surface area contributed by atoms with Gasteiger partial charge in [0.25, 0.3) is 0 Å². The lowest BCUT2D eigenvalue weighted by molar-refractivity contribution is -0.142. The molecular weight excluding hydrogens is 346 g/mol. The number of esters is 1. The molecule has 0 heterocycles. The van der Waals surface area contributed by atoms with Gasteiger partial charge in [-0.1, -0.05) is 30.3 Å². The van der Waals surface area contributed by atoms with E-state index in [1.54, 1.807) is 12.0 Å². The number of benzene rings is 2. The Balaban J connectivity index is 1.94. The molecule has 0 unspecified atom stereocenters. The molecule has 2 aromatic carbocycles. The van der Waals surface area contributed by atoms with Crippen LogP contribution in [-0.2, 0) is 20.9 Å². The SMILES string of the molecule is COC(=O)CCN(Cc1ccc(OC)cc1)C(=O)CCOc1ccccc1. The van der Waals surface area contributed by atoms with Gasteiger partial charge in [0.15, 0.2) is 0 Å². The van der Waals surface area contributed by atoms with E-state index in [2.05, 4.69) is 4.74 Å². The number of rotatable bonds is 10. The first kappa shape index (κ1) is 20.3. The van der Waals surface area contributed by atoms with Gasteiger partial charge in [0, 0.05) is 13.1 Å². The molecule has 0 saturated carbocycles. The van der Waals surface area contributed by atoms with Gasteiger partial charge in [0.05, 0.1) is 33.7 Å². The molecule has 0 saturated heterocycles. The molecule has 0 aromatic heterocycles. The van der Waals surface area contributed by atoms with Crippen LogP contribution < -0.4 is 9.47 Å². The molecule has 6 nitrogen and oxygen atoms in total. The van der Waals surface area contributed by atoms with Gasteiger partial charge in [-0.2, -0.15) is 0 Å². The van der Waals surface area contributed by atoms with Crippen LogP contribution in [0.15, 0.2) is 54.6 Å². The first-order valence-corrected chi connectivity index (χ1v) is 8.77. The predicted molar refractivity (Wildman–Crippen MR) is 102 cm³/mol. The number of hydrogen-bond donors (Lipinski definition) is 0. The molecule has 144 valence electrons. The normalized spacial score (nSPS) is 10.1. The second kappa shape index (κ2) is 10.9. The van der Waals surface area contributed by atoms with E-state index in [-0.39, 0.29) is 31.3 Å². The third kappa shape index (κ3) is 7.01. The fraction of sp³-hybridized carbons (Fsp3) is 0.333. The monoisotopic (exact) mass is 371 g/mol. The van der Waals surface area contributed by atoms with Gasteiger partial charge in [-0.15, -0.1) is 0 Å². The van der Waals surface area contributed by atoms with Crippen molar-refractivity contribution in [2.75, 3.05) is 27.4 Å². The van der Waals surface area contributed by atoms with Gasteiger partial charge in [-0.05, 0) is 29.8 Å². The summed E-state index contributed by atoms with van der Waals surface area (Å²) in [6.07, 6.45) is 0.379. The maximum Gasteiger partial charge on any atom is 0.307 e. The van der Waals surface area contributed by atoms with Gasteiger partial charge < -0.3 is 19.1 Å². The van der Waals surface area contributed by atoms with Crippen LogP contribution in [0.1, 0.15) is 18.4 Å². The van der Waals surface area contributed by atoms with Crippen LogP contribution in [0.2, 0.25) is 0 Å². The van der Waals surface area contributed by atoms with Crippen molar-refractivity contribution in [2.24, 2.45) is 0 Å². The fourth-order valence-corrected chi connectivity index (χ4v) is 2.50. The highest BCUT2D eigenvalue weighted by molar-refractivity contribution is 5.77. The van der Waals surface area contributed by atoms with E-state index >= 15 is 0 Å². The number of carbonyl (C=O) groups excluding carboxylic acids is 2. The highest BCUT2D eigenvalue weighted by Crippen LogP contribution is 2.14. The summed E-state index contributed by atoms with van der Waals surface area (Å²) in [5.41, 5.74) is 0.956. The molecule has 6 heteroatoms. The average molecular weight is 371 g/mol. The van der Waals surface area contributed by atoms with E-state index < -0.39 is 0 Å². The Morgan fingerprint density at radius 1 is 0.889 bits per heavy atom. The third-order valence-electron chi connectivity index (χ3n) is 4.03. The molecular formula is C21H25NO5. The van der Waals surface area contributed by atoms with E-state index in [1.165, 1.54) is 7.11 Å². The van der Waals surface area contributed by atoms with Crippen molar-refractivity contribution in [1.29, 1.82) is 0 Å². The van der Waals surface area contributed by atoms with Gasteiger partial charge in [0.1, 0.15) is 11.5 Å². The van der Waals surface area contributed by atoms with Crippen LogP contribution in [0, 0.1) is 0 Å². The summed E-state index contributed by atoms with van der Waals surface area (Å²) in [7, 11) is 2.94. The lowest BCUT2D eigenvalue weighted by Gasteiger charge is -2.22. The zero-order valence-electron chi connectivity index (χ0n) is 15.7. The van der Waals surface area contributed by atoms with Gasteiger partial charge in [-0.25, -0.2) is 0 Å². The maximum absolute atomic E-state index is 12.6. The number of hydrogen-bond acceptors (Lipinski definition) is 5. The topological polar surface area (TPSA) is 65.1 Å². The van der Waals surface area contributed by atoms with Crippen LogP contribution in [0.25, 0.3) is 0 Å². The van der Waals surface area contributed by atoms with Gasteiger partial charge in [0.2, 0.25) is 5.91 Å². The molecule has 0 aliphatic carbocycles. The van der Waals surface area contributed by atoms with Gasteiger partial charge >= 0.3 is 5.97 Å². The van der Waals surface area contributed by atoms with Crippen LogP contribution in [0.3, 0.4) is 0 Å². The number of amides is 1. The second-order valence-corrected chi connectivity index (χ2v) is 5.90. The molecule has 2 aromatic rings. The van der Waals surface area contributed by atoms with Crippen LogP contribution in [0.4, 0.5) is 0 Å². The standard InChI is InChI=1S/C21H25NO5/c1-25-18-10-8-17(9-11-18)16-22(14-12-21(24)26-2)20(23)13-15-27-19-6-4-3-5-7-19/h3-11H,12-16H2,1-2H3. The molecule has 1 amide bonds. The summed E-state index contributed by atoms with van der Waals surface area (Å²) in [4.78, 5) is 25.7. The van der Waals surface area contributed by atoms with Crippen molar-refractivity contribution in [1.82, 2.24) is 4.90 Å². The van der Waals surface area contributed by atoms with Crippen LogP contribution in [-0.4, -0.2) is 44.1 Å². The van der Waals surface area contributed by atoms with Crippen molar-refractivity contribution in [3.05, 3.63) is 60.2 Å². The highest BCUT2D eigenvalue weighted by Gasteiger charge is 2.16. The molecule has 0 bridgehead atoms. The maximum atomic E-state index is 12.6. The van der Waals surface area contributed by atoms with Crippen LogP contribution >= 0.6 is 0 Å². The Kier molecular flexibility index (Phi) is 8.16. The van der Waals surface area contributed by atoms with E-state index in [9.17, 15) is 9.59 Å². The van der Waals surface area contributed by atoms with Crippen molar-refractivity contribution < 1.29 is 23.8 Å². The Labute approximate surface area is 159 Å². The molecule has 0 spiro atoms. The first-order valence-electron chi connectivity index (χ1n) is 8.77. The van der Waals surface area contributed by atoms with Crippen molar-refractivity contribution >= 4 is 11.9 Å². The molecule has 0 aliphatic heterocycles. The summed E-state index contributed by atoms with van der Waals surface area (Å²) in [6, 6.07) is 16.8. The Morgan fingerprint density at radius 2 is 1.59 bits per heavy atom. The first-order chi connectivity index (χ1) is 13.1. The van der Waals surface area contributed by atoms with E-state index in [0.717, 1.165) is 17.1 Å². The third-order valence-corrected chi connectivity index (χ3v) is 4.03. The van der Waals surface area contributed by atoms with Crippen molar-refractivity contribution in [3.8, 4) is 11.5 Å². The zero-order chi connectivity index (χ0) is 19.5. The smallest absolute Gasteiger partial charge is 0.307 e. The van der Waals surface area contributed by atoms with Crippen LogP contribution in [0.5, 0.6) is 11.5 Å². The lowest BCUT2D eigenvalue weighted by atomic mass is 10.2. The Bertz CT molecular complexity index is 715. The zero-order valence-corrected chi connectivity index (χ0v) is 15.7. The highest BCUT2D eigenvalue weighted by atomic mass is 16.5. The predicted octanol–water partition coefficient (Wildman–Crippen LogP) is 3.06. The molecule has 0 radical (unpaired) electrons. The molecule has 2 rings (SSSR count). The summed E-state index contributed by atoms with van der Waals surface area (Å²) in [6.45, 7) is 0.980. The second-order valence-electron chi connectivity index (χ2n) is 5.90.